The minimum absolute atomic E-state index is 0.0556. The highest BCUT2D eigenvalue weighted by atomic mass is 35.5. The summed E-state index contributed by atoms with van der Waals surface area (Å²) in [6, 6.07) is 24.2. The number of nitrogens with one attached hydrogen (secondary N) is 2. The van der Waals surface area contributed by atoms with E-state index in [0.29, 0.717) is 22.0 Å². The number of rotatable bonds is 5. The van der Waals surface area contributed by atoms with Crippen molar-refractivity contribution < 1.29 is 17.6 Å². The highest BCUT2D eigenvalue weighted by Gasteiger charge is 2.17. The second-order valence-electron chi connectivity index (χ2n) is 7.85. The van der Waals surface area contributed by atoms with E-state index in [1.54, 1.807) is 31.2 Å². The largest absolute Gasteiger partial charge is 0.451 e. The van der Waals surface area contributed by atoms with Crippen LogP contribution in [0.4, 0.5) is 11.4 Å². The predicted molar refractivity (Wildman–Crippen MR) is 135 cm³/mol. The number of hydrogen-bond acceptors (Lipinski definition) is 4. The summed E-state index contributed by atoms with van der Waals surface area (Å²) in [6.45, 7) is 1.79. The van der Waals surface area contributed by atoms with Gasteiger partial charge in [0.2, 0.25) is 0 Å². The van der Waals surface area contributed by atoms with Gasteiger partial charge in [-0.15, -0.1) is 0 Å². The molecule has 0 fully saturated rings. The smallest absolute Gasteiger partial charge is 0.291 e. The second kappa shape index (κ2) is 8.52. The first-order chi connectivity index (χ1) is 16.3. The molecule has 170 valence electrons. The Labute approximate surface area is 201 Å². The number of hydrogen-bond donors (Lipinski definition) is 2. The van der Waals surface area contributed by atoms with E-state index in [1.165, 1.54) is 24.3 Å². The van der Waals surface area contributed by atoms with Crippen LogP contribution in [0.3, 0.4) is 0 Å². The lowest BCUT2D eigenvalue weighted by Gasteiger charge is -2.11. The summed E-state index contributed by atoms with van der Waals surface area (Å²) in [7, 11) is -3.83. The van der Waals surface area contributed by atoms with Crippen molar-refractivity contribution in [3.63, 3.8) is 0 Å². The molecule has 34 heavy (non-hydrogen) atoms. The minimum atomic E-state index is -3.83. The Bertz CT molecular complexity index is 1660. The molecule has 0 saturated carbocycles. The zero-order valence-electron chi connectivity index (χ0n) is 18.0. The molecule has 5 rings (SSSR count). The van der Waals surface area contributed by atoms with Crippen LogP contribution in [0.25, 0.3) is 21.7 Å². The van der Waals surface area contributed by atoms with Crippen LogP contribution in [0, 0.1) is 6.92 Å². The van der Waals surface area contributed by atoms with Crippen molar-refractivity contribution >= 4 is 60.6 Å². The number of amides is 1. The van der Waals surface area contributed by atoms with E-state index in [-0.39, 0.29) is 10.7 Å². The number of carbonyl (C=O) groups is 1. The lowest BCUT2D eigenvalue weighted by atomic mass is 10.1. The van der Waals surface area contributed by atoms with Crippen molar-refractivity contribution in [2.75, 3.05) is 10.0 Å². The zero-order chi connectivity index (χ0) is 23.9. The first-order valence-electron chi connectivity index (χ1n) is 10.4. The molecule has 0 spiro atoms. The van der Waals surface area contributed by atoms with Crippen molar-refractivity contribution in [3.05, 3.63) is 101 Å². The van der Waals surface area contributed by atoms with Crippen LogP contribution in [0.2, 0.25) is 5.02 Å². The van der Waals surface area contributed by atoms with Crippen LogP contribution >= 0.6 is 11.6 Å². The van der Waals surface area contributed by atoms with Gasteiger partial charge in [0.25, 0.3) is 15.9 Å². The van der Waals surface area contributed by atoms with E-state index in [4.69, 9.17) is 16.0 Å². The number of benzene rings is 4. The van der Waals surface area contributed by atoms with Gasteiger partial charge in [-0.25, -0.2) is 8.42 Å². The number of aryl methyl sites for hydroxylation is 1. The van der Waals surface area contributed by atoms with Crippen LogP contribution in [-0.4, -0.2) is 14.3 Å². The molecule has 0 aliphatic carbocycles. The van der Waals surface area contributed by atoms with Crippen LogP contribution in [0.1, 0.15) is 16.1 Å². The van der Waals surface area contributed by atoms with Gasteiger partial charge in [-0.3, -0.25) is 9.52 Å². The summed E-state index contributed by atoms with van der Waals surface area (Å²) in [6.07, 6.45) is 0. The van der Waals surface area contributed by atoms with Gasteiger partial charge >= 0.3 is 0 Å². The molecule has 0 aliphatic rings. The molecule has 1 amide bonds. The highest BCUT2D eigenvalue weighted by molar-refractivity contribution is 7.92. The van der Waals surface area contributed by atoms with E-state index in [2.05, 4.69) is 10.0 Å². The third-order valence-corrected chi connectivity index (χ3v) is 7.13. The number of carbonyl (C=O) groups excluding carboxylic acids is 1. The molecule has 0 unspecified atom stereocenters. The molecule has 4 aromatic carbocycles. The van der Waals surface area contributed by atoms with E-state index < -0.39 is 15.9 Å². The first kappa shape index (κ1) is 22.0. The topological polar surface area (TPSA) is 88.4 Å². The van der Waals surface area contributed by atoms with Crippen LogP contribution in [0.5, 0.6) is 0 Å². The van der Waals surface area contributed by atoms with Gasteiger partial charge in [-0.1, -0.05) is 48.0 Å². The molecule has 8 heteroatoms. The Morgan fingerprint density at radius 3 is 2.44 bits per heavy atom. The maximum absolute atomic E-state index is 12.8. The summed E-state index contributed by atoms with van der Waals surface area (Å²) in [5.74, 6) is -0.260. The Morgan fingerprint density at radius 1 is 0.882 bits per heavy atom. The number of fused-ring (bicyclic) bond motifs is 3. The van der Waals surface area contributed by atoms with E-state index >= 15 is 0 Å². The Morgan fingerprint density at radius 2 is 1.65 bits per heavy atom. The van der Waals surface area contributed by atoms with Gasteiger partial charge in [0.05, 0.1) is 10.6 Å². The number of anilines is 2. The van der Waals surface area contributed by atoms with Gasteiger partial charge in [-0.05, 0) is 71.8 Å². The number of sulfonamides is 1. The van der Waals surface area contributed by atoms with Crippen molar-refractivity contribution in [1.82, 2.24) is 0 Å². The summed E-state index contributed by atoms with van der Waals surface area (Å²) in [5.41, 5.74) is 2.21. The van der Waals surface area contributed by atoms with Gasteiger partial charge in [0, 0.05) is 16.1 Å². The lowest BCUT2D eigenvalue weighted by Crippen LogP contribution is -2.14. The van der Waals surface area contributed by atoms with E-state index in [9.17, 15) is 13.2 Å². The highest BCUT2D eigenvalue weighted by Crippen LogP contribution is 2.29. The van der Waals surface area contributed by atoms with Gasteiger partial charge in [0.15, 0.2) is 5.76 Å². The maximum Gasteiger partial charge on any atom is 0.291 e. The Balaban J connectivity index is 1.35. The second-order valence-corrected chi connectivity index (χ2v) is 9.97. The molecule has 1 heterocycles. The summed E-state index contributed by atoms with van der Waals surface area (Å²) in [5, 5.41) is 6.09. The molecular weight excluding hydrogens is 472 g/mol. The minimum Gasteiger partial charge on any atom is -0.451 e. The molecule has 5 aromatic rings. The molecule has 1 aromatic heterocycles. The van der Waals surface area contributed by atoms with E-state index in [1.807, 2.05) is 36.4 Å². The quantitative estimate of drug-likeness (QED) is 0.290. The normalized spacial score (nSPS) is 11.6. The van der Waals surface area contributed by atoms with Gasteiger partial charge in [0.1, 0.15) is 5.58 Å². The molecular formula is C26H19ClN2O4S. The Kier molecular flexibility index (Phi) is 5.51. The molecule has 0 bridgehead atoms. The predicted octanol–water partition coefficient (Wildman–Crippen LogP) is 6.60. The zero-order valence-corrected chi connectivity index (χ0v) is 19.6. The van der Waals surface area contributed by atoms with Crippen molar-refractivity contribution in [3.8, 4) is 0 Å². The summed E-state index contributed by atoms with van der Waals surface area (Å²) >= 11 is 5.98. The SMILES string of the molecule is Cc1ccc(Cl)cc1NS(=O)(=O)c1ccc(NC(=O)c2cc3c(ccc4ccccc43)o2)cc1. The van der Waals surface area contributed by atoms with Crippen LogP contribution in [-0.2, 0) is 10.0 Å². The summed E-state index contributed by atoms with van der Waals surface area (Å²) in [4.78, 5) is 12.8. The fourth-order valence-corrected chi connectivity index (χ4v) is 5.02. The molecule has 0 saturated heterocycles. The molecule has 6 nitrogen and oxygen atoms in total. The molecule has 2 N–H and O–H groups in total. The first-order valence-corrected chi connectivity index (χ1v) is 12.3. The van der Waals surface area contributed by atoms with Gasteiger partial charge < -0.3 is 9.73 Å². The van der Waals surface area contributed by atoms with Gasteiger partial charge in [-0.2, -0.15) is 0 Å². The Hall–Kier alpha value is -3.81. The fraction of sp³-hybridized carbons (Fsp3) is 0.0385. The average molecular weight is 491 g/mol. The average Bonchev–Trinajstić information content (AvgIpc) is 3.27. The number of furan rings is 1. The monoisotopic (exact) mass is 490 g/mol. The van der Waals surface area contributed by atoms with Crippen molar-refractivity contribution in [2.24, 2.45) is 0 Å². The summed E-state index contributed by atoms with van der Waals surface area (Å²) < 4.78 is 33.8. The molecule has 0 aliphatic heterocycles. The van der Waals surface area contributed by atoms with Crippen LogP contribution < -0.4 is 10.0 Å². The van der Waals surface area contributed by atoms with Crippen molar-refractivity contribution in [1.29, 1.82) is 0 Å². The van der Waals surface area contributed by atoms with E-state index in [0.717, 1.165) is 21.7 Å². The standard InChI is InChI=1S/C26H19ClN2O4S/c1-16-6-8-18(27)14-23(16)29-34(31,32)20-11-9-19(10-12-20)28-26(30)25-15-22-21-5-3-2-4-17(21)7-13-24(22)33-25/h2-15,29H,1H3,(H,28,30). The molecule has 0 atom stereocenters. The third-order valence-electron chi connectivity index (χ3n) is 5.52. The third kappa shape index (κ3) is 4.23. The fourth-order valence-electron chi connectivity index (χ4n) is 3.72. The molecule has 0 radical (unpaired) electrons. The van der Waals surface area contributed by atoms with Crippen molar-refractivity contribution in [2.45, 2.75) is 11.8 Å². The number of halogens is 1. The maximum atomic E-state index is 12.8. The lowest BCUT2D eigenvalue weighted by molar-refractivity contribution is 0.0998. The van der Waals surface area contributed by atoms with Crippen LogP contribution in [0.15, 0.2) is 94.2 Å².